The Labute approximate surface area is 80.6 Å². The van der Waals surface area contributed by atoms with Crippen LogP contribution in [0.2, 0.25) is 0 Å². The molecule has 76 valence electrons. The van der Waals surface area contributed by atoms with Gasteiger partial charge in [-0.25, -0.2) is 0 Å². The highest BCUT2D eigenvalue weighted by molar-refractivity contribution is 5.40. The number of piperazine rings is 1. The highest BCUT2D eigenvalue weighted by atomic mass is 16.6. The lowest BCUT2D eigenvalue weighted by molar-refractivity contribution is -0.401. The zero-order valence-electron chi connectivity index (χ0n) is 7.60. The predicted molar refractivity (Wildman–Crippen MR) is 50.4 cm³/mol. The molecule has 0 spiro atoms. The van der Waals surface area contributed by atoms with Crippen LogP contribution in [0.5, 0.6) is 0 Å². The minimum atomic E-state index is -0.522. The summed E-state index contributed by atoms with van der Waals surface area (Å²) in [4.78, 5) is 11.8. The third-order valence-electron chi connectivity index (χ3n) is 2.19. The number of rotatable bonds is 2. The zero-order chi connectivity index (χ0) is 9.97. The number of nitro groups is 1. The molecule has 1 aromatic heterocycles. The van der Waals surface area contributed by atoms with Crippen molar-refractivity contribution in [1.29, 1.82) is 0 Å². The maximum absolute atomic E-state index is 10.4. The van der Waals surface area contributed by atoms with Crippen LogP contribution in [0.4, 0.5) is 11.8 Å². The second-order valence-electron chi connectivity index (χ2n) is 3.11. The van der Waals surface area contributed by atoms with Gasteiger partial charge in [0.1, 0.15) is 4.92 Å². The monoisotopic (exact) mass is 197 g/mol. The number of anilines is 1. The predicted octanol–water partition coefficient (Wildman–Crippen LogP) is 0.597. The molecule has 2 rings (SSSR count). The van der Waals surface area contributed by atoms with Crippen molar-refractivity contribution in [1.82, 2.24) is 5.32 Å². The van der Waals surface area contributed by atoms with E-state index < -0.39 is 4.92 Å². The van der Waals surface area contributed by atoms with Gasteiger partial charge in [0.15, 0.2) is 0 Å². The molecular formula is C8H11N3O3. The van der Waals surface area contributed by atoms with E-state index in [1.807, 2.05) is 4.90 Å². The van der Waals surface area contributed by atoms with Crippen molar-refractivity contribution in [3.63, 3.8) is 0 Å². The lowest BCUT2D eigenvalue weighted by atomic mass is 10.4. The summed E-state index contributed by atoms with van der Waals surface area (Å²) >= 11 is 0. The molecular weight excluding hydrogens is 186 g/mol. The van der Waals surface area contributed by atoms with Crippen molar-refractivity contribution in [3.05, 3.63) is 22.2 Å². The quantitative estimate of drug-likeness (QED) is 0.555. The average Bonchev–Trinajstić information content (AvgIpc) is 2.68. The summed E-state index contributed by atoms with van der Waals surface area (Å²) in [7, 11) is 0. The van der Waals surface area contributed by atoms with Gasteiger partial charge < -0.3 is 14.6 Å². The van der Waals surface area contributed by atoms with E-state index in [2.05, 4.69) is 5.32 Å². The van der Waals surface area contributed by atoms with E-state index in [1.54, 1.807) is 6.07 Å². The van der Waals surface area contributed by atoms with Crippen LogP contribution in [0.15, 0.2) is 16.5 Å². The molecule has 1 N–H and O–H groups in total. The number of nitrogens with one attached hydrogen (secondary N) is 1. The fourth-order valence-corrected chi connectivity index (χ4v) is 1.47. The van der Waals surface area contributed by atoms with Crippen molar-refractivity contribution in [2.24, 2.45) is 0 Å². The van der Waals surface area contributed by atoms with E-state index in [0.717, 1.165) is 26.2 Å². The molecule has 14 heavy (non-hydrogen) atoms. The van der Waals surface area contributed by atoms with Gasteiger partial charge in [-0.2, -0.15) is 0 Å². The maximum Gasteiger partial charge on any atom is 0.434 e. The van der Waals surface area contributed by atoms with Crippen LogP contribution in [-0.2, 0) is 0 Å². The van der Waals surface area contributed by atoms with Crippen LogP contribution in [0.25, 0.3) is 0 Å². The topological polar surface area (TPSA) is 71.6 Å². The van der Waals surface area contributed by atoms with Gasteiger partial charge in [-0.3, -0.25) is 10.1 Å². The average molecular weight is 197 g/mol. The summed E-state index contributed by atoms with van der Waals surface area (Å²) < 4.78 is 5.08. The van der Waals surface area contributed by atoms with E-state index in [1.165, 1.54) is 6.07 Å². The number of furan rings is 1. The number of hydrogen-bond acceptors (Lipinski definition) is 5. The molecule has 0 radical (unpaired) electrons. The van der Waals surface area contributed by atoms with Crippen LogP contribution < -0.4 is 10.2 Å². The lowest BCUT2D eigenvalue weighted by Crippen LogP contribution is -2.43. The summed E-state index contributed by atoms with van der Waals surface area (Å²) in [5, 5.41) is 13.6. The molecule has 1 aliphatic rings. The Kier molecular flexibility index (Phi) is 2.36. The highest BCUT2D eigenvalue weighted by Gasteiger charge is 2.17. The third-order valence-corrected chi connectivity index (χ3v) is 2.19. The lowest BCUT2D eigenvalue weighted by Gasteiger charge is -2.26. The fraction of sp³-hybridized carbons (Fsp3) is 0.500. The van der Waals surface area contributed by atoms with Crippen molar-refractivity contribution in [2.75, 3.05) is 31.1 Å². The van der Waals surface area contributed by atoms with Crippen molar-refractivity contribution in [2.45, 2.75) is 0 Å². The smallest absolute Gasteiger partial charge is 0.384 e. The van der Waals surface area contributed by atoms with E-state index in [0.29, 0.717) is 5.88 Å². The molecule has 2 heterocycles. The molecule has 1 fully saturated rings. The van der Waals surface area contributed by atoms with Crippen LogP contribution in [-0.4, -0.2) is 31.1 Å². The first-order chi connectivity index (χ1) is 6.77. The van der Waals surface area contributed by atoms with Gasteiger partial charge in [-0.05, 0) is 0 Å². The van der Waals surface area contributed by atoms with Crippen molar-refractivity contribution in [3.8, 4) is 0 Å². The van der Waals surface area contributed by atoms with Gasteiger partial charge in [0.25, 0.3) is 0 Å². The van der Waals surface area contributed by atoms with E-state index in [9.17, 15) is 10.1 Å². The molecule has 1 aliphatic heterocycles. The maximum atomic E-state index is 10.4. The van der Waals surface area contributed by atoms with Crippen LogP contribution in [0.1, 0.15) is 0 Å². The van der Waals surface area contributed by atoms with E-state index in [-0.39, 0.29) is 5.88 Å². The number of hydrogen-bond donors (Lipinski definition) is 1. The first kappa shape index (κ1) is 9.01. The molecule has 0 aliphatic carbocycles. The van der Waals surface area contributed by atoms with Gasteiger partial charge in [-0.1, -0.05) is 0 Å². The summed E-state index contributed by atoms with van der Waals surface area (Å²) in [5.41, 5.74) is 0. The minimum Gasteiger partial charge on any atom is -0.384 e. The second kappa shape index (κ2) is 3.67. The summed E-state index contributed by atoms with van der Waals surface area (Å²) in [5.74, 6) is 0.386. The first-order valence-corrected chi connectivity index (χ1v) is 4.47. The zero-order valence-corrected chi connectivity index (χ0v) is 7.60. The summed E-state index contributed by atoms with van der Waals surface area (Å²) in [6.07, 6.45) is 0. The molecule has 0 bridgehead atoms. The molecule has 0 atom stereocenters. The Bertz CT molecular complexity index is 330. The van der Waals surface area contributed by atoms with Crippen molar-refractivity contribution >= 4 is 11.8 Å². The summed E-state index contributed by atoms with van der Waals surface area (Å²) in [6, 6.07) is 3.03. The summed E-state index contributed by atoms with van der Waals surface area (Å²) in [6.45, 7) is 3.42. The van der Waals surface area contributed by atoms with Gasteiger partial charge in [0, 0.05) is 32.2 Å². The highest BCUT2D eigenvalue weighted by Crippen LogP contribution is 2.23. The normalized spacial score (nSPS) is 17.0. The van der Waals surface area contributed by atoms with E-state index in [4.69, 9.17) is 4.42 Å². The van der Waals surface area contributed by atoms with Gasteiger partial charge in [-0.15, -0.1) is 0 Å². The molecule has 6 nitrogen and oxygen atoms in total. The standard InChI is InChI=1S/C8H11N3O3/c12-11(13)8-2-1-7(14-8)10-5-3-9-4-6-10/h1-2,9H,3-6H2. The van der Waals surface area contributed by atoms with Crippen molar-refractivity contribution < 1.29 is 9.34 Å². The van der Waals surface area contributed by atoms with Crippen LogP contribution in [0.3, 0.4) is 0 Å². The Morgan fingerprint density at radius 3 is 2.71 bits per heavy atom. The van der Waals surface area contributed by atoms with Crippen LogP contribution >= 0.6 is 0 Å². The Morgan fingerprint density at radius 1 is 1.43 bits per heavy atom. The molecule has 0 aromatic carbocycles. The van der Waals surface area contributed by atoms with Crippen LogP contribution in [0, 0.1) is 10.1 Å². The molecule has 0 saturated carbocycles. The minimum absolute atomic E-state index is 0.196. The SMILES string of the molecule is O=[N+]([O-])c1ccc(N2CCNCC2)o1. The Morgan fingerprint density at radius 2 is 2.14 bits per heavy atom. The largest absolute Gasteiger partial charge is 0.434 e. The second-order valence-corrected chi connectivity index (χ2v) is 3.11. The fourth-order valence-electron chi connectivity index (χ4n) is 1.47. The Hall–Kier alpha value is -1.56. The third kappa shape index (κ3) is 1.69. The number of nitrogens with zero attached hydrogens (tertiary/aromatic N) is 2. The molecule has 0 amide bonds. The van der Waals surface area contributed by atoms with Gasteiger partial charge in [0.05, 0.1) is 6.07 Å². The molecule has 1 saturated heterocycles. The Balaban J connectivity index is 2.11. The van der Waals surface area contributed by atoms with Gasteiger partial charge >= 0.3 is 5.88 Å². The molecule has 6 heteroatoms. The molecule has 1 aromatic rings. The van der Waals surface area contributed by atoms with E-state index >= 15 is 0 Å². The van der Waals surface area contributed by atoms with Gasteiger partial charge in [0.2, 0.25) is 5.88 Å². The molecule has 0 unspecified atom stereocenters. The first-order valence-electron chi connectivity index (χ1n) is 4.47.